The van der Waals surface area contributed by atoms with Crippen LogP contribution in [-0.4, -0.2) is 10.7 Å². The molecular weight excluding hydrogens is 266 g/mol. The van der Waals surface area contributed by atoms with Gasteiger partial charge in [-0.15, -0.1) is 11.8 Å². The van der Waals surface area contributed by atoms with Gasteiger partial charge in [0.1, 0.15) is 0 Å². The molecule has 0 bridgehead atoms. The van der Waals surface area contributed by atoms with Crippen LogP contribution in [0, 0.1) is 10.1 Å². The van der Waals surface area contributed by atoms with E-state index in [0.29, 0.717) is 0 Å². The first-order chi connectivity index (χ1) is 6.65. The van der Waals surface area contributed by atoms with E-state index in [-0.39, 0.29) is 10.6 Å². The van der Waals surface area contributed by atoms with Crippen molar-refractivity contribution in [1.29, 1.82) is 0 Å². The molecule has 5 heteroatoms. The zero-order valence-corrected chi connectivity index (χ0v) is 10.1. The van der Waals surface area contributed by atoms with E-state index in [1.165, 1.54) is 17.8 Å². The molecule has 0 heterocycles. The number of nitrogens with zero attached hydrogens (tertiary/aromatic N) is 1. The minimum atomic E-state index is -0.344. The lowest BCUT2D eigenvalue weighted by Gasteiger charge is -2.01. The summed E-state index contributed by atoms with van der Waals surface area (Å²) in [5, 5.41) is 10.7. The van der Waals surface area contributed by atoms with Gasteiger partial charge < -0.3 is 0 Å². The average Bonchev–Trinajstić information content (AvgIpc) is 2.15. The highest BCUT2D eigenvalue weighted by Crippen LogP contribution is 2.31. The smallest absolute Gasteiger partial charge is 0.258 e. The summed E-state index contributed by atoms with van der Waals surface area (Å²) < 4.78 is 0.741. The third kappa shape index (κ3) is 2.99. The molecule has 0 aliphatic heterocycles. The summed E-state index contributed by atoms with van der Waals surface area (Å²) in [6.45, 7) is 2.05. The van der Waals surface area contributed by atoms with E-state index >= 15 is 0 Å². The molecule has 1 aromatic carbocycles. The van der Waals surface area contributed by atoms with Crippen molar-refractivity contribution in [2.24, 2.45) is 0 Å². The predicted octanol–water partition coefficient (Wildman–Crippen LogP) is 3.86. The second kappa shape index (κ2) is 5.36. The molecule has 0 unspecified atom stereocenters. The number of halogens is 1. The van der Waals surface area contributed by atoms with Gasteiger partial charge in [-0.1, -0.05) is 22.9 Å². The molecule has 0 fully saturated rings. The normalized spacial score (nSPS) is 10.1. The van der Waals surface area contributed by atoms with E-state index in [0.717, 1.165) is 21.5 Å². The maximum absolute atomic E-state index is 10.7. The summed E-state index contributed by atoms with van der Waals surface area (Å²) in [5.41, 5.74) is 0.179. The molecule has 3 nitrogen and oxygen atoms in total. The van der Waals surface area contributed by atoms with Crippen molar-refractivity contribution >= 4 is 33.4 Å². The molecule has 0 saturated carbocycles. The summed E-state index contributed by atoms with van der Waals surface area (Å²) in [6.07, 6.45) is 1.01. The number of benzene rings is 1. The second-order valence-corrected chi connectivity index (χ2v) is 4.77. The van der Waals surface area contributed by atoms with Crippen LogP contribution in [0.4, 0.5) is 5.69 Å². The highest BCUT2D eigenvalue weighted by molar-refractivity contribution is 9.10. The SMILES string of the molecule is CCCSc1ccc(Br)cc1[N+](=O)[O-]. The minimum absolute atomic E-state index is 0.179. The largest absolute Gasteiger partial charge is 0.283 e. The van der Waals surface area contributed by atoms with Gasteiger partial charge in [-0.25, -0.2) is 0 Å². The fourth-order valence-electron chi connectivity index (χ4n) is 0.967. The van der Waals surface area contributed by atoms with Gasteiger partial charge in [0.15, 0.2) is 0 Å². The van der Waals surface area contributed by atoms with Crippen LogP contribution in [-0.2, 0) is 0 Å². The number of hydrogen-bond acceptors (Lipinski definition) is 3. The monoisotopic (exact) mass is 275 g/mol. The third-order valence-corrected chi connectivity index (χ3v) is 3.34. The van der Waals surface area contributed by atoms with Gasteiger partial charge in [-0.3, -0.25) is 10.1 Å². The van der Waals surface area contributed by atoms with Crippen LogP contribution < -0.4 is 0 Å². The Bertz CT molecular complexity index is 344. The second-order valence-electron chi connectivity index (χ2n) is 2.72. The number of hydrogen-bond donors (Lipinski definition) is 0. The number of nitro groups is 1. The highest BCUT2D eigenvalue weighted by atomic mass is 79.9. The average molecular weight is 276 g/mol. The topological polar surface area (TPSA) is 43.1 Å². The molecule has 0 radical (unpaired) electrons. The molecule has 0 spiro atoms. The third-order valence-electron chi connectivity index (χ3n) is 1.58. The molecular formula is C9H10BrNO2S. The van der Waals surface area contributed by atoms with Gasteiger partial charge in [0.25, 0.3) is 5.69 Å². The van der Waals surface area contributed by atoms with Crippen molar-refractivity contribution in [3.8, 4) is 0 Å². The maximum atomic E-state index is 10.7. The summed E-state index contributed by atoms with van der Waals surface area (Å²) in [7, 11) is 0. The van der Waals surface area contributed by atoms with E-state index in [9.17, 15) is 10.1 Å². The minimum Gasteiger partial charge on any atom is -0.258 e. The van der Waals surface area contributed by atoms with Gasteiger partial charge >= 0.3 is 0 Å². The van der Waals surface area contributed by atoms with E-state index in [1.807, 2.05) is 6.07 Å². The van der Waals surface area contributed by atoms with Crippen LogP contribution >= 0.6 is 27.7 Å². The van der Waals surface area contributed by atoms with Crippen LogP contribution in [0.3, 0.4) is 0 Å². The highest BCUT2D eigenvalue weighted by Gasteiger charge is 2.13. The molecule has 0 atom stereocenters. The van der Waals surface area contributed by atoms with Gasteiger partial charge in [-0.05, 0) is 24.3 Å². The summed E-state index contributed by atoms with van der Waals surface area (Å²) in [4.78, 5) is 11.1. The zero-order chi connectivity index (χ0) is 10.6. The van der Waals surface area contributed by atoms with Crippen LogP contribution in [0.5, 0.6) is 0 Å². The molecule has 76 valence electrons. The number of thioether (sulfide) groups is 1. The summed E-state index contributed by atoms with van der Waals surface area (Å²) in [5.74, 6) is 0.905. The molecule has 0 N–H and O–H groups in total. The van der Waals surface area contributed by atoms with Crippen LogP contribution in [0.25, 0.3) is 0 Å². The summed E-state index contributed by atoms with van der Waals surface area (Å²) >= 11 is 4.74. The first-order valence-electron chi connectivity index (χ1n) is 4.22. The van der Waals surface area contributed by atoms with Gasteiger partial charge in [0, 0.05) is 10.5 Å². The Morgan fingerprint density at radius 3 is 2.86 bits per heavy atom. The van der Waals surface area contributed by atoms with Crippen molar-refractivity contribution < 1.29 is 4.92 Å². The van der Waals surface area contributed by atoms with Crippen molar-refractivity contribution in [2.75, 3.05) is 5.75 Å². The molecule has 1 rings (SSSR count). The Balaban J connectivity index is 2.96. The number of rotatable bonds is 4. The Hall–Kier alpha value is -0.550. The Labute approximate surface area is 95.2 Å². The molecule has 0 aliphatic carbocycles. The van der Waals surface area contributed by atoms with Gasteiger partial charge in [-0.2, -0.15) is 0 Å². The van der Waals surface area contributed by atoms with Crippen molar-refractivity contribution in [1.82, 2.24) is 0 Å². The summed E-state index contributed by atoms with van der Waals surface area (Å²) in [6, 6.07) is 5.14. The van der Waals surface area contributed by atoms with Crippen LogP contribution in [0.1, 0.15) is 13.3 Å². The van der Waals surface area contributed by atoms with Crippen molar-refractivity contribution in [2.45, 2.75) is 18.2 Å². The van der Waals surface area contributed by atoms with Crippen LogP contribution in [0.15, 0.2) is 27.6 Å². The molecule has 14 heavy (non-hydrogen) atoms. The fourth-order valence-corrected chi connectivity index (χ4v) is 2.19. The lowest BCUT2D eigenvalue weighted by atomic mass is 10.3. The Kier molecular flexibility index (Phi) is 4.41. The van der Waals surface area contributed by atoms with Crippen molar-refractivity contribution in [3.63, 3.8) is 0 Å². The van der Waals surface area contributed by atoms with E-state index < -0.39 is 0 Å². The lowest BCUT2D eigenvalue weighted by Crippen LogP contribution is -1.91. The number of nitro benzene ring substituents is 1. The van der Waals surface area contributed by atoms with Gasteiger partial charge in [0.05, 0.1) is 9.82 Å². The first kappa shape index (κ1) is 11.5. The predicted molar refractivity (Wildman–Crippen MR) is 61.8 cm³/mol. The molecule has 0 saturated heterocycles. The standard InChI is InChI=1S/C9H10BrNO2S/c1-2-5-14-9-4-3-7(10)6-8(9)11(12)13/h3-4,6H,2,5H2,1H3. The first-order valence-corrected chi connectivity index (χ1v) is 5.99. The zero-order valence-electron chi connectivity index (χ0n) is 7.70. The molecule has 0 aromatic heterocycles. The Morgan fingerprint density at radius 2 is 2.29 bits per heavy atom. The van der Waals surface area contributed by atoms with Crippen LogP contribution in [0.2, 0.25) is 0 Å². The maximum Gasteiger partial charge on any atom is 0.283 e. The van der Waals surface area contributed by atoms with E-state index in [2.05, 4.69) is 22.9 Å². The van der Waals surface area contributed by atoms with E-state index in [4.69, 9.17) is 0 Å². The lowest BCUT2D eigenvalue weighted by molar-refractivity contribution is -0.387. The van der Waals surface area contributed by atoms with E-state index in [1.54, 1.807) is 6.07 Å². The molecule has 0 amide bonds. The quantitative estimate of drug-likeness (QED) is 0.476. The Morgan fingerprint density at radius 1 is 1.57 bits per heavy atom. The fraction of sp³-hybridized carbons (Fsp3) is 0.333. The van der Waals surface area contributed by atoms with Crippen molar-refractivity contribution in [3.05, 3.63) is 32.8 Å². The molecule has 0 aliphatic rings. The van der Waals surface area contributed by atoms with Gasteiger partial charge in [0.2, 0.25) is 0 Å². The molecule has 1 aromatic rings.